The highest BCUT2D eigenvalue weighted by atomic mass is 19.1. The molecule has 0 aliphatic rings. The zero-order valence-corrected chi connectivity index (χ0v) is 4.26. The van der Waals surface area contributed by atoms with Crippen LogP contribution in [0.1, 0.15) is 5.69 Å². The quantitative estimate of drug-likeness (QED) is 0.531. The number of nitrogens with zero attached hydrogens (tertiary/aromatic N) is 1. The van der Waals surface area contributed by atoms with Crippen LogP contribution in [0.5, 0.6) is 0 Å². The first-order chi connectivity index (χ1) is 3.93. The molecule has 1 rings (SSSR count). The van der Waals surface area contributed by atoms with Crippen molar-refractivity contribution >= 4 is 0 Å². The predicted molar refractivity (Wildman–Crippen MR) is 27.9 cm³/mol. The van der Waals surface area contributed by atoms with Crippen molar-refractivity contribution in [2.45, 2.75) is 6.67 Å². The molecule has 0 N–H and O–H groups in total. The summed E-state index contributed by atoms with van der Waals surface area (Å²) < 4.78 is 11.6. The van der Waals surface area contributed by atoms with Gasteiger partial charge in [-0.05, 0) is 6.07 Å². The Morgan fingerprint density at radius 1 is 1.75 bits per heavy atom. The van der Waals surface area contributed by atoms with Crippen LogP contribution in [0.4, 0.5) is 4.39 Å². The second-order valence-electron chi connectivity index (χ2n) is 1.38. The number of pyridine rings is 1. The smallest absolute Gasteiger partial charge is 0.131 e. The van der Waals surface area contributed by atoms with Gasteiger partial charge in [-0.3, -0.25) is 4.98 Å². The summed E-state index contributed by atoms with van der Waals surface area (Å²) in [6.07, 6.45) is 1.45. The molecule has 2 heteroatoms. The van der Waals surface area contributed by atoms with Crippen molar-refractivity contribution in [1.82, 2.24) is 4.98 Å². The van der Waals surface area contributed by atoms with Crippen LogP contribution < -0.4 is 0 Å². The van der Waals surface area contributed by atoms with Crippen LogP contribution in [0.2, 0.25) is 0 Å². The highest BCUT2D eigenvalue weighted by Gasteiger charge is 1.85. The van der Waals surface area contributed by atoms with Gasteiger partial charge in [-0.1, -0.05) is 6.07 Å². The van der Waals surface area contributed by atoms with Gasteiger partial charge in [0, 0.05) is 12.3 Å². The molecule has 0 unspecified atom stereocenters. The van der Waals surface area contributed by atoms with E-state index < -0.39 is 6.67 Å². The average Bonchev–Trinajstić information content (AvgIpc) is 1.90. The van der Waals surface area contributed by atoms with E-state index in [9.17, 15) is 4.39 Å². The van der Waals surface area contributed by atoms with Gasteiger partial charge in [-0.2, -0.15) is 0 Å². The third-order valence-electron chi connectivity index (χ3n) is 0.814. The molecule has 0 aliphatic heterocycles. The molecular formula is C6H5FN. The Morgan fingerprint density at radius 2 is 2.62 bits per heavy atom. The first-order valence-corrected chi connectivity index (χ1v) is 2.30. The lowest BCUT2D eigenvalue weighted by Crippen LogP contribution is -1.80. The lowest BCUT2D eigenvalue weighted by atomic mass is 10.4. The van der Waals surface area contributed by atoms with E-state index in [4.69, 9.17) is 0 Å². The molecule has 0 spiro atoms. The molecule has 1 heterocycles. The molecule has 0 bridgehead atoms. The Bertz CT molecular complexity index is 150. The third kappa shape index (κ3) is 1.03. The average molecular weight is 110 g/mol. The fourth-order valence-corrected chi connectivity index (χ4v) is 0.430. The number of halogens is 1. The summed E-state index contributed by atoms with van der Waals surface area (Å²) in [7, 11) is 0. The Morgan fingerprint density at radius 3 is 3.00 bits per heavy atom. The van der Waals surface area contributed by atoms with Gasteiger partial charge in [0.1, 0.15) is 6.67 Å². The molecule has 8 heavy (non-hydrogen) atoms. The fourth-order valence-electron chi connectivity index (χ4n) is 0.430. The van der Waals surface area contributed by atoms with Crippen molar-refractivity contribution < 1.29 is 4.39 Å². The second kappa shape index (κ2) is 2.40. The highest BCUT2D eigenvalue weighted by Crippen LogP contribution is 1.92. The molecule has 1 aromatic rings. The summed E-state index contributed by atoms with van der Waals surface area (Å²) in [4.78, 5) is 3.67. The monoisotopic (exact) mass is 110 g/mol. The molecule has 41 valence electrons. The summed E-state index contributed by atoms with van der Waals surface area (Å²) in [6, 6.07) is 5.93. The van der Waals surface area contributed by atoms with E-state index in [1.54, 1.807) is 12.1 Å². The first kappa shape index (κ1) is 5.22. The lowest BCUT2D eigenvalue weighted by molar-refractivity contribution is 0.476. The van der Waals surface area contributed by atoms with E-state index in [1.807, 2.05) is 0 Å². The lowest BCUT2D eigenvalue weighted by Gasteiger charge is -1.86. The third-order valence-corrected chi connectivity index (χ3v) is 0.814. The zero-order chi connectivity index (χ0) is 5.82. The first-order valence-electron chi connectivity index (χ1n) is 2.30. The van der Waals surface area contributed by atoms with Crippen molar-refractivity contribution in [1.29, 1.82) is 0 Å². The molecule has 1 radical (unpaired) electrons. The Labute approximate surface area is 47.2 Å². The van der Waals surface area contributed by atoms with E-state index in [-0.39, 0.29) is 0 Å². The Hall–Kier alpha value is -0.920. The maximum absolute atomic E-state index is 11.6. The van der Waals surface area contributed by atoms with Crippen molar-refractivity contribution in [3.8, 4) is 0 Å². The van der Waals surface area contributed by atoms with Gasteiger partial charge in [-0.15, -0.1) is 0 Å². The van der Waals surface area contributed by atoms with Gasteiger partial charge in [0.15, 0.2) is 0 Å². The van der Waals surface area contributed by atoms with Crippen molar-refractivity contribution in [2.24, 2.45) is 0 Å². The van der Waals surface area contributed by atoms with Gasteiger partial charge in [0.2, 0.25) is 0 Å². The number of aromatic nitrogens is 1. The van der Waals surface area contributed by atoms with E-state index in [0.717, 1.165) is 0 Å². The molecule has 0 saturated heterocycles. The molecule has 0 saturated carbocycles. The van der Waals surface area contributed by atoms with Gasteiger partial charge in [-0.25, -0.2) is 4.39 Å². The molecule has 0 aromatic carbocycles. The largest absolute Gasteiger partial charge is 0.258 e. The normalized spacial score (nSPS) is 9.12. The second-order valence-corrected chi connectivity index (χ2v) is 1.38. The fraction of sp³-hybridized carbons (Fsp3) is 0.167. The minimum absolute atomic E-state index is 0.462. The summed E-state index contributed by atoms with van der Waals surface area (Å²) in [6.45, 7) is -0.491. The molecular weight excluding hydrogens is 105 g/mol. The molecule has 0 fully saturated rings. The van der Waals surface area contributed by atoms with Crippen LogP contribution in [-0.2, 0) is 6.67 Å². The van der Waals surface area contributed by atoms with Crippen LogP contribution in [0.15, 0.2) is 18.3 Å². The topological polar surface area (TPSA) is 12.9 Å². The number of hydrogen-bond acceptors (Lipinski definition) is 1. The molecule has 0 aliphatic carbocycles. The SMILES string of the molecule is FCc1cc[c]cn1. The van der Waals surface area contributed by atoms with Crippen LogP contribution >= 0.6 is 0 Å². The standard InChI is InChI=1S/C6H5FN/c7-5-6-3-1-2-4-8-6/h1,3-4H,5H2. The van der Waals surface area contributed by atoms with Crippen molar-refractivity contribution in [3.63, 3.8) is 0 Å². The molecule has 0 atom stereocenters. The minimum atomic E-state index is -0.491. The summed E-state index contributed by atoms with van der Waals surface area (Å²) in [5, 5.41) is 0. The summed E-state index contributed by atoms with van der Waals surface area (Å²) in [5.41, 5.74) is 0.462. The zero-order valence-electron chi connectivity index (χ0n) is 4.26. The van der Waals surface area contributed by atoms with Crippen LogP contribution in [0.3, 0.4) is 0 Å². The summed E-state index contributed by atoms with van der Waals surface area (Å²) in [5.74, 6) is 0. The summed E-state index contributed by atoms with van der Waals surface area (Å²) >= 11 is 0. The van der Waals surface area contributed by atoms with Crippen LogP contribution in [0.25, 0.3) is 0 Å². The van der Waals surface area contributed by atoms with Crippen molar-refractivity contribution in [2.75, 3.05) is 0 Å². The minimum Gasteiger partial charge on any atom is -0.258 e. The molecule has 1 aromatic heterocycles. The van der Waals surface area contributed by atoms with E-state index >= 15 is 0 Å². The van der Waals surface area contributed by atoms with Gasteiger partial charge < -0.3 is 0 Å². The number of rotatable bonds is 1. The van der Waals surface area contributed by atoms with E-state index in [2.05, 4.69) is 11.1 Å². The Balaban J connectivity index is 2.83. The predicted octanol–water partition coefficient (Wildman–Crippen LogP) is 1.35. The van der Waals surface area contributed by atoms with E-state index in [0.29, 0.717) is 5.69 Å². The van der Waals surface area contributed by atoms with Crippen LogP contribution in [0, 0.1) is 6.07 Å². The van der Waals surface area contributed by atoms with E-state index in [1.165, 1.54) is 6.20 Å². The molecule has 1 nitrogen and oxygen atoms in total. The highest BCUT2D eigenvalue weighted by molar-refractivity contribution is 5.00. The molecule has 0 amide bonds. The van der Waals surface area contributed by atoms with Crippen molar-refractivity contribution in [3.05, 3.63) is 30.1 Å². The Kier molecular flexibility index (Phi) is 1.57. The van der Waals surface area contributed by atoms with Gasteiger partial charge in [0.25, 0.3) is 0 Å². The van der Waals surface area contributed by atoms with Gasteiger partial charge in [0.05, 0.1) is 5.69 Å². The van der Waals surface area contributed by atoms with Gasteiger partial charge >= 0.3 is 0 Å². The number of hydrogen-bond donors (Lipinski definition) is 0. The number of alkyl halides is 1. The van der Waals surface area contributed by atoms with Crippen LogP contribution in [-0.4, -0.2) is 4.98 Å². The maximum atomic E-state index is 11.6. The maximum Gasteiger partial charge on any atom is 0.131 e.